The van der Waals surface area contributed by atoms with Gasteiger partial charge in [0.1, 0.15) is 23.1 Å². The Morgan fingerprint density at radius 3 is 2.33 bits per heavy atom. The number of primary amides is 1. The lowest BCUT2D eigenvalue weighted by atomic mass is 10.0. The fraction of sp³-hybridized carbons (Fsp3) is 0.0476. The molecular weight excluding hydrogens is 397 g/mol. The average Bonchev–Trinajstić information content (AvgIpc) is 2.68. The number of hydrogen-bond donors (Lipinski definition) is 1. The number of rotatable bonds is 3. The van der Waals surface area contributed by atoms with E-state index in [4.69, 9.17) is 5.73 Å². The molecule has 2 heterocycles. The first kappa shape index (κ1) is 19.3. The highest BCUT2D eigenvalue weighted by Gasteiger charge is 2.21. The molecule has 0 radical (unpaired) electrons. The molecule has 0 saturated heterocycles. The lowest BCUT2D eigenvalue weighted by Crippen LogP contribution is -2.23. The summed E-state index contributed by atoms with van der Waals surface area (Å²) in [5.74, 6) is -3.94. The fourth-order valence-electron chi connectivity index (χ4n) is 3.24. The third kappa shape index (κ3) is 3.10. The van der Waals surface area contributed by atoms with Crippen molar-refractivity contribution in [1.82, 2.24) is 14.5 Å². The molecule has 9 heteroatoms. The van der Waals surface area contributed by atoms with Crippen molar-refractivity contribution >= 4 is 16.9 Å². The third-order valence-electron chi connectivity index (χ3n) is 4.58. The molecule has 0 unspecified atom stereocenters. The average molecular weight is 410 g/mol. The molecule has 0 atom stereocenters. The molecule has 0 saturated carbocycles. The maximum atomic E-state index is 14.5. The molecular formula is C21H13F3N4O2. The number of pyridine rings is 1. The minimum atomic E-state index is -1.00. The Bertz CT molecular complexity index is 1380. The van der Waals surface area contributed by atoms with Gasteiger partial charge in [0.05, 0.1) is 5.69 Å². The molecule has 0 aliphatic carbocycles. The number of para-hydroxylation sites is 1. The molecule has 0 aliphatic heterocycles. The number of nitrogens with zero attached hydrogens (tertiary/aromatic N) is 3. The number of aryl methyl sites for hydroxylation is 1. The number of carbonyl (C=O) groups is 1. The summed E-state index contributed by atoms with van der Waals surface area (Å²) in [5.41, 5.74) is 4.79. The van der Waals surface area contributed by atoms with E-state index in [1.165, 1.54) is 24.3 Å². The summed E-state index contributed by atoms with van der Waals surface area (Å²) >= 11 is 0. The van der Waals surface area contributed by atoms with Crippen LogP contribution >= 0.6 is 0 Å². The Morgan fingerprint density at radius 1 is 1.00 bits per heavy atom. The van der Waals surface area contributed by atoms with E-state index in [-0.39, 0.29) is 16.7 Å². The Morgan fingerprint density at radius 2 is 1.70 bits per heavy atom. The van der Waals surface area contributed by atoms with E-state index >= 15 is 0 Å². The molecule has 0 bridgehead atoms. The zero-order valence-corrected chi connectivity index (χ0v) is 15.5. The predicted molar refractivity (Wildman–Crippen MR) is 104 cm³/mol. The number of amides is 1. The van der Waals surface area contributed by atoms with Gasteiger partial charge in [0.25, 0.3) is 11.5 Å². The summed E-state index contributed by atoms with van der Waals surface area (Å²) in [4.78, 5) is 32.6. The number of hydrogen-bond acceptors (Lipinski definition) is 4. The lowest BCUT2D eigenvalue weighted by Gasteiger charge is -2.15. The van der Waals surface area contributed by atoms with E-state index in [1.807, 2.05) is 0 Å². The van der Waals surface area contributed by atoms with Crippen molar-refractivity contribution in [1.29, 1.82) is 0 Å². The van der Waals surface area contributed by atoms with Gasteiger partial charge in [-0.1, -0.05) is 6.07 Å². The fourth-order valence-corrected chi connectivity index (χ4v) is 3.24. The van der Waals surface area contributed by atoms with Crippen molar-refractivity contribution in [2.24, 2.45) is 5.73 Å². The first-order valence-corrected chi connectivity index (χ1v) is 8.72. The monoisotopic (exact) mass is 410 g/mol. The van der Waals surface area contributed by atoms with E-state index in [9.17, 15) is 22.8 Å². The second-order valence-corrected chi connectivity index (χ2v) is 6.53. The maximum Gasteiger partial charge on any atom is 0.286 e. The summed E-state index contributed by atoms with van der Waals surface area (Å²) in [6.45, 7) is 1.63. The van der Waals surface area contributed by atoms with Crippen LogP contribution in [-0.4, -0.2) is 20.4 Å². The minimum absolute atomic E-state index is 0.164. The van der Waals surface area contributed by atoms with Gasteiger partial charge in [-0.15, -0.1) is 0 Å². The van der Waals surface area contributed by atoms with Crippen LogP contribution in [0, 0.1) is 24.4 Å². The van der Waals surface area contributed by atoms with Gasteiger partial charge in [0.2, 0.25) is 5.82 Å². The summed E-state index contributed by atoms with van der Waals surface area (Å²) in [7, 11) is 0. The van der Waals surface area contributed by atoms with Crippen LogP contribution in [0.5, 0.6) is 0 Å². The van der Waals surface area contributed by atoms with Crippen molar-refractivity contribution in [3.05, 3.63) is 87.7 Å². The normalized spacial score (nSPS) is 11.1. The Hall–Kier alpha value is -4.01. The highest BCUT2D eigenvalue weighted by Crippen LogP contribution is 2.30. The number of benzene rings is 2. The molecule has 4 aromatic rings. The Labute approximate surface area is 167 Å². The van der Waals surface area contributed by atoms with Gasteiger partial charge >= 0.3 is 0 Å². The van der Waals surface area contributed by atoms with Gasteiger partial charge in [-0.05, 0) is 48.9 Å². The van der Waals surface area contributed by atoms with Crippen LogP contribution in [0.4, 0.5) is 13.2 Å². The molecule has 2 aromatic heterocycles. The zero-order chi connectivity index (χ0) is 21.6. The third-order valence-corrected chi connectivity index (χ3v) is 4.58. The molecule has 6 nitrogen and oxygen atoms in total. The van der Waals surface area contributed by atoms with E-state index in [1.54, 1.807) is 6.92 Å². The van der Waals surface area contributed by atoms with Gasteiger partial charge in [-0.3, -0.25) is 14.2 Å². The van der Waals surface area contributed by atoms with E-state index in [0.29, 0.717) is 11.1 Å². The van der Waals surface area contributed by atoms with Crippen molar-refractivity contribution < 1.29 is 18.0 Å². The summed E-state index contributed by atoms with van der Waals surface area (Å²) in [6, 6.07) is 9.51. The first-order chi connectivity index (χ1) is 14.3. The second kappa shape index (κ2) is 7.11. The highest BCUT2D eigenvalue weighted by molar-refractivity contribution is 5.97. The number of aromatic nitrogens is 3. The predicted octanol–water partition coefficient (Wildman–Crippen LogP) is 3.27. The SMILES string of the molecule is Cc1cc(F)ccc1-c1nc(C(N)=O)nc2c1ccc(=O)n2-c1c(F)cccc1F. The van der Waals surface area contributed by atoms with Crippen molar-refractivity contribution in [2.45, 2.75) is 6.92 Å². The number of halogens is 3. The summed E-state index contributed by atoms with van der Waals surface area (Å²) in [6.07, 6.45) is 0. The largest absolute Gasteiger partial charge is 0.363 e. The summed E-state index contributed by atoms with van der Waals surface area (Å²) in [5, 5.41) is 0.219. The van der Waals surface area contributed by atoms with Crippen LogP contribution in [0.1, 0.15) is 16.2 Å². The van der Waals surface area contributed by atoms with Gasteiger partial charge in [-0.2, -0.15) is 0 Å². The van der Waals surface area contributed by atoms with Crippen molar-refractivity contribution in [2.75, 3.05) is 0 Å². The Kier molecular flexibility index (Phi) is 4.57. The van der Waals surface area contributed by atoms with E-state index < -0.39 is 40.4 Å². The van der Waals surface area contributed by atoms with Gasteiger partial charge in [-0.25, -0.2) is 23.1 Å². The molecule has 2 aromatic carbocycles. The van der Waals surface area contributed by atoms with E-state index in [0.717, 1.165) is 28.8 Å². The number of nitrogens with two attached hydrogens (primary N) is 1. The van der Waals surface area contributed by atoms with Crippen LogP contribution in [0.2, 0.25) is 0 Å². The Balaban J connectivity index is 2.19. The van der Waals surface area contributed by atoms with E-state index in [2.05, 4.69) is 9.97 Å². The molecule has 0 fully saturated rings. The molecule has 2 N–H and O–H groups in total. The van der Waals surface area contributed by atoms with Gasteiger partial charge in [0.15, 0.2) is 5.65 Å². The smallest absolute Gasteiger partial charge is 0.286 e. The zero-order valence-electron chi connectivity index (χ0n) is 15.5. The minimum Gasteiger partial charge on any atom is -0.363 e. The van der Waals surface area contributed by atoms with Gasteiger partial charge in [0, 0.05) is 17.0 Å². The highest BCUT2D eigenvalue weighted by atomic mass is 19.1. The summed E-state index contributed by atoms with van der Waals surface area (Å²) < 4.78 is 43.2. The van der Waals surface area contributed by atoms with Crippen LogP contribution in [0.3, 0.4) is 0 Å². The number of fused-ring (bicyclic) bond motifs is 1. The standard InChI is InChI=1S/C21H13F3N4O2/c1-10-9-11(22)5-6-12(10)17-13-7-8-16(29)28(18-14(23)3-2-4-15(18)24)21(13)27-20(26-17)19(25)30/h2-9H,1H3,(H2,25,30). The topological polar surface area (TPSA) is 90.9 Å². The van der Waals surface area contributed by atoms with Crippen LogP contribution in [0.25, 0.3) is 28.0 Å². The maximum absolute atomic E-state index is 14.5. The number of carbonyl (C=O) groups excluding carboxylic acids is 1. The van der Waals surface area contributed by atoms with Gasteiger partial charge < -0.3 is 5.73 Å². The molecule has 0 aliphatic rings. The molecule has 4 rings (SSSR count). The molecule has 1 amide bonds. The molecule has 30 heavy (non-hydrogen) atoms. The first-order valence-electron chi connectivity index (χ1n) is 8.72. The van der Waals surface area contributed by atoms with Crippen molar-refractivity contribution in [3.63, 3.8) is 0 Å². The second-order valence-electron chi connectivity index (χ2n) is 6.53. The lowest BCUT2D eigenvalue weighted by molar-refractivity contribution is 0.0991. The van der Waals surface area contributed by atoms with Crippen LogP contribution < -0.4 is 11.3 Å². The van der Waals surface area contributed by atoms with Crippen molar-refractivity contribution in [3.8, 4) is 16.9 Å². The molecule has 0 spiro atoms. The van der Waals surface area contributed by atoms with Crippen LogP contribution in [0.15, 0.2) is 53.3 Å². The quantitative estimate of drug-likeness (QED) is 0.561. The van der Waals surface area contributed by atoms with Crippen LogP contribution in [-0.2, 0) is 0 Å². The molecule has 150 valence electrons.